The Morgan fingerprint density at radius 1 is 1.29 bits per heavy atom. The van der Waals surface area contributed by atoms with Crippen molar-refractivity contribution in [2.24, 2.45) is 11.7 Å². The molecule has 2 N–H and O–H groups in total. The number of amides is 2. The molecule has 3 heterocycles. The fourth-order valence-corrected chi connectivity index (χ4v) is 6.01. The molecule has 31 heavy (non-hydrogen) atoms. The number of halogens is 1. The number of hydrogen-bond acceptors (Lipinski definition) is 5. The first-order valence-corrected chi connectivity index (χ1v) is 11.0. The molecule has 164 valence electrons. The van der Waals surface area contributed by atoms with Crippen molar-refractivity contribution >= 4 is 11.8 Å². The summed E-state index contributed by atoms with van der Waals surface area (Å²) in [5, 5.41) is 9.36. The molecule has 2 amide bonds. The van der Waals surface area contributed by atoms with Gasteiger partial charge in [-0.15, -0.1) is 0 Å². The van der Waals surface area contributed by atoms with E-state index in [0.29, 0.717) is 25.4 Å². The third kappa shape index (κ3) is 3.14. The lowest BCUT2D eigenvalue weighted by Crippen LogP contribution is -2.59. The van der Waals surface area contributed by atoms with Gasteiger partial charge in [0.2, 0.25) is 11.8 Å². The molecule has 0 spiro atoms. The molecule has 1 unspecified atom stereocenters. The molecule has 1 aliphatic carbocycles. The summed E-state index contributed by atoms with van der Waals surface area (Å²) in [7, 11) is 0. The standard InChI is InChI=1S/C23H28FN5O2/c1-23(2,14-3-5-15(24)6-4-14)29-17-9-20(22(29)31)27(11-17)12-18(26)21(30)28-16(10-25)7-13-8-19(13)28/h3-6,13,16-20H,7-9,11-12,26H2,1-2H3/t13-,16+,17?,18+,19+,20+/m1/s1. The second kappa shape index (κ2) is 7.01. The van der Waals surface area contributed by atoms with Crippen molar-refractivity contribution in [2.75, 3.05) is 13.1 Å². The number of likely N-dealkylation sites (tertiary alicyclic amines) is 3. The molecule has 3 aliphatic heterocycles. The van der Waals surface area contributed by atoms with E-state index in [1.54, 1.807) is 17.0 Å². The van der Waals surface area contributed by atoms with Gasteiger partial charge in [-0.1, -0.05) is 12.1 Å². The van der Waals surface area contributed by atoms with Gasteiger partial charge >= 0.3 is 0 Å². The molecule has 0 aromatic heterocycles. The van der Waals surface area contributed by atoms with Gasteiger partial charge in [0.05, 0.1) is 23.7 Å². The Bertz CT molecular complexity index is 958. The largest absolute Gasteiger partial charge is 0.328 e. The summed E-state index contributed by atoms with van der Waals surface area (Å²) < 4.78 is 13.4. The van der Waals surface area contributed by atoms with Crippen molar-refractivity contribution in [3.8, 4) is 6.07 Å². The fraction of sp³-hybridized carbons (Fsp3) is 0.609. The molecule has 4 aliphatic rings. The molecule has 0 radical (unpaired) electrons. The van der Waals surface area contributed by atoms with Crippen LogP contribution in [0.25, 0.3) is 0 Å². The van der Waals surface area contributed by atoms with Crippen LogP contribution in [0.3, 0.4) is 0 Å². The molecule has 1 aromatic carbocycles. The van der Waals surface area contributed by atoms with Gasteiger partial charge in [-0.25, -0.2) is 4.39 Å². The van der Waals surface area contributed by atoms with E-state index in [-0.39, 0.29) is 41.8 Å². The van der Waals surface area contributed by atoms with Gasteiger partial charge in [0.15, 0.2) is 0 Å². The van der Waals surface area contributed by atoms with Crippen molar-refractivity contribution in [3.63, 3.8) is 0 Å². The molecule has 6 atom stereocenters. The smallest absolute Gasteiger partial charge is 0.242 e. The van der Waals surface area contributed by atoms with E-state index in [1.165, 1.54) is 12.1 Å². The van der Waals surface area contributed by atoms with Gasteiger partial charge in [0.25, 0.3) is 0 Å². The van der Waals surface area contributed by atoms with Crippen LogP contribution in [0, 0.1) is 23.1 Å². The highest BCUT2D eigenvalue weighted by atomic mass is 19.1. The summed E-state index contributed by atoms with van der Waals surface area (Å²) >= 11 is 0. The minimum Gasteiger partial charge on any atom is -0.328 e. The number of fused-ring (bicyclic) bond motifs is 3. The first-order chi connectivity index (χ1) is 14.7. The normalized spacial score (nSPS) is 32.9. The summed E-state index contributed by atoms with van der Waals surface area (Å²) in [4.78, 5) is 31.8. The summed E-state index contributed by atoms with van der Waals surface area (Å²) in [5.41, 5.74) is 6.62. The first kappa shape index (κ1) is 20.4. The maximum atomic E-state index is 13.4. The Kier molecular flexibility index (Phi) is 4.61. The van der Waals surface area contributed by atoms with Gasteiger partial charge < -0.3 is 15.5 Å². The number of benzene rings is 1. The van der Waals surface area contributed by atoms with Crippen LogP contribution >= 0.6 is 0 Å². The van der Waals surface area contributed by atoms with E-state index in [9.17, 15) is 19.2 Å². The van der Waals surface area contributed by atoms with E-state index in [2.05, 4.69) is 6.07 Å². The highest BCUT2D eigenvalue weighted by molar-refractivity contribution is 5.87. The summed E-state index contributed by atoms with van der Waals surface area (Å²) in [6.07, 6.45) is 2.43. The molecular weight excluding hydrogens is 397 g/mol. The predicted octanol–water partition coefficient (Wildman–Crippen LogP) is 1.19. The van der Waals surface area contributed by atoms with Crippen LogP contribution in [0.1, 0.15) is 38.7 Å². The van der Waals surface area contributed by atoms with E-state index >= 15 is 0 Å². The average molecular weight is 426 g/mol. The number of nitrogens with two attached hydrogens (primary N) is 1. The zero-order valence-electron chi connectivity index (χ0n) is 17.9. The third-order valence-corrected chi connectivity index (χ3v) is 7.68. The summed E-state index contributed by atoms with van der Waals surface area (Å²) in [6, 6.07) is 7.35. The average Bonchev–Trinajstić information content (AvgIpc) is 3.06. The summed E-state index contributed by atoms with van der Waals surface area (Å²) in [6.45, 7) is 4.96. The van der Waals surface area contributed by atoms with Gasteiger partial charge in [-0.2, -0.15) is 5.26 Å². The lowest BCUT2D eigenvalue weighted by atomic mass is 9.91. The maximum Gasteiger partial charge on any atom is 0.242 e. The second-order valence-corrected chi connectivity index (χ2v) is 9.93. The number of rotatable bonds is 5. The lowest BCUT2D eigenvalue weighted by Gasteiger charge is -2.44. The van der Waals surface area contributed by atoms with Gasteiger partial charge in [-0.3, -0.25) is 14.5 Å². The number of carbonyl (C=O) groups is 2. The van der Waals surface area contributed by atoms with Crippen LogP contribution < -0.4 is 5.73 Å². The molecule has 4 fully saturated rings. The van der Waals surface area contributed by atoms with Crippen LogP contribution in [-0.2, 0) is 15.1 Å². The molecular formula is C23H28FN5O2. The molecule has 1 aromatic rings. The Labute approximate surface area is 181 Å². The van der Waals surface area contributed by atoms with Crippen molar-refractivity contribution in [1.82, 2.24) is 14.7 Å². The molecule has 7 nitrogen and oxygen atoms in total. The SMILES string of the molecule is CC(C)(c1ccc(F)cc1)N1C(=O)[C@@H]2CC1CN2C[C@H](N)C(=O)N1[C@H](C#N)C[C@@H]2C[C@@H]21. The fourth-order valence-electron chi connectivity index (χ4n) is 6.01. The van der Waals surface area contributed by atoms with E-state index in [0.717, 1.165) is 18.4 Å². The van der Waals surface area contributed by atoms with Gasteiger partial charge in [0, 0.05) is 25.2 Å². The number of piperidine rings is 1. The first-order valence-electron chi connectivity index (χ1n) is 11.0. The molecule has 3 saturated heterocycles. The van der Waals surface area contributed by atoms with Crippen LogP contribution in [0.2, 0.25) is 0 Å². The number of carbonyl (C=O) groups excluding carboxylic acids is 2. The molecule has 5 rings (SSSR count). The second-order valence-electron chi connectivity index (χ2n) is 9.93. The third-order valence-electron chi connectivity index (χ3n) is 7.68. The quantitative estimate of drug-likeness (QED) is 0.765. The van der Waals surface area contributed by atoms with Gasteiger partial charge in [0.1, 0.15) is 11.9 Å². The number of nitrogens with zero attached hydrogens (tertiary/aromatic N) is 4. The van der Waals surface area contributed by atoms with Crippen molar-refractivity contribution in [1.29, 1.82) is 5.26 Å². The Hall–Kier alpha value is -2.50. The minimum atomic E-state index is -0.735. The van der Waals surface area contributed by atoms with Crippen molar-refractivity contribution in [2.45, 2.75) is 68.9 Å². The van der Waals surface area contributed by atoms with E-state index in [4.69, 9.17) is 5.73 Å². The predicted molar refractivity (Wildman–Crippen MR) is 111 cm³/mol. The van der Waals surface area contributed by atoms with Crippen LogP contribution in [-0.4, -0.2) is 69.8 Å². The lowest BCUT2D eigenvalue weighted by molar-refractivity contribution is -0.144. The number of piperazine rings is 1. The maximum absolute atomic E-state index is 13.4. The Morgan fingerprint density at radius 3 is 2.65 bits per heavy atom. The molecule has 2 bridgehead atoms. The van der Waals surface area contributed by atoms with Crippen LogP contribution in [0.5, 0.6) is 0 Å². The zero-order chi connectivity index (χ0) is 22.1. The Morgan fingerprint density at radius 2 is 2.00 bits per heavy atom. The molecule has 8 heteroatoms. The van der Waals surface area contributed by atoms with E-state index in [1.807, 2.05) is 23.6 Å². The molecule has 1 saturated carbocycles. The number of nitriles is 1. The Balaban J connectivity index is 1.26. The van der Waals surface area contributed by atoms with E-state index < -0.39 is 11.6 Å². The van der Waals surface area contributed by atoms with Crippen molar-refractivity contribution in [3.05, 3.63) is 35.6 Å². The zero-order valence-corrected chi connectivity index (χ0v) is 17.9. The monoisotopic (exact) mass is 425 g/mol. The van der Waals surface area contributed by atoms with Crippen molar-refractivity contribution < 1.29 is 14.0 Å². The highest BCUT2D eigenvalue weighted by Crippen LogP contribution is 2.48. The minimum absolute atomic E-state index is 0.0311. The highest BCUT2D eigenvalue weighted by Gasteiger charge is 2.57. The summed E-state index contributed by atoms with van der Waals surface area (Å²) in [5.74, 6) is 0.0130. The number of hydrogen-bond donors (Lipinski definition) is 1. The topological polar surface area (TPSA) is 93.7 Å². The van der Waals surface area contributed by atoms with Crippen LogP contribution in [0.4, 0.5) is 4.39 Å². The van der Waals surface area contributed by atoms with Gasteiger partial charge in [-0.05, 0) is 56.7 Å². The van der Waals surface area contributed by atoms with Crippen LogP contribution in [0.15, 0.2) is 24.3 Å².